The molecule has 102 valence electrons. The fourth-order valence-electron chi connectivity index (χ4n) is 2.40. The third kappa shape index (κ3) is 3.13. The number of rotatable bonds is 3. The minimum Gasteiger partial charge on any atom is -0.465 e. The molecule has 0 spiro atoms. The zero-order valence-electron chi connectivity index (χ0n) is 11.3. The van der Waals surface area contributed by atoms with E-state index < -0.39 is 5.97 Å². The number of benzene rings is 1. The maximum absolute atomic E-state index is 12.1. The van der Waals surface area contributed by atoms with Crippen LogP contribution >= 0.6 is 0 Å². The van der Waals surface area contributed by atoms with Gasteiger partial charge in [0, 0.05) is 0 Å². The molecule has 0 N–H and O–H groups in total. The van der Waals surface area contributed by atoms with Crippen LogP contribution in [-0.4, -0.2) is 24.6 Å². The zero-order valence-corrected chi connectivity index (χ0v) is 11.3. The molecule has 0 bridgehead atoms. The van der Waals surface area contributed by atoms with Gasteiger partial charge in [0.1, 0.15) is 5.60 Å². The van der Waals surface area contributed by atoms with Crippen molar-refractivity contribution in [2.45, 2.75) is 38.2 Å². The lowest BCUT2D eigenvalue weighted by Gasteiger charge is -2.24. The lowest BCUT2D eigenvalue weighted by molar-refractivity contribution is -0.00608. The molecule has 1 aliphatic carbocycles. The molecule has 1 saturated carbocycles. The third-order valence-corrected chi connectivity index (χ3v) is 3.52. The second-order valence-corrected chi connectivity index (χ2v) is 5.12. The summed E-state index contributed by atoms with van der Waals surface area (Å²) in [6, 6.07) is 6.42. The van der Waals surface area contributed by atoms with E-state index in [0.29, 0.717) is 11.1 Å². The van der Waals surface area contributed by atoms with Crippen molar-refractivity contribution in [3.05, 3.63) is 35.4 Å². The van der Waals surface area contributed by atoms with E-state index >= 15 is 0 Å². The van der Waals surface area contributed by atoms with E-state index in [1.807, 2.05) is 6.92 Å². The predicted molar refractivity (Wildman–Crippen MR) is 70.1 cm³/mol. The lowest BCUT2D eigenvalue weighted by atomic mass is 10.1. The molecule has 4 heteroatoms. The predicted octanol–water partition coefficient (Wildman–Crippen LogP) is 2.96. The molecule has 1 aliphatic rings. The highest BCUT2D eigenvalue weighted by Gasteiger charge is 2.32. The van der Waals surface area contributed by atoms with Crippen molar-refractivity contribution >= 4 is 11.9 Å². The van der Waals surface area contributed by atoms with Crippen molar-refractivity contribution in [2.75, 3.05) is 7.11 Å². The molecule has 0 amide bonds. The molecule has 1 aromatic rings. The Balaban J connectivity index is 2.13. The van der Waals surface area contributed by atoms with Gasteiger partial charge in [-0.2, -0.15) is 0 Å². The fraction of sp³-hybridized carbons (Fsp3) is 0.467. The minimum atomic E-state index is -0.457. The van der Waals surface area contributed by atoms with Gasteiger partial charge >= 0.3 is 11.9 Å². The summed E-state index contributed by atoms with van der Waals surface area (Å²) >= 11 is 0. The molecular weight excluding hydrogens is 244 g/mol. The molecule has 0 aliphatic heterocycles. The minimum absolute atomic E-state index is 0.355. The molecule has 2 rings (SSSR count). The number of esters is 2. The van der Waals surface area contributed by atoms with E-state index in [1.165, 1.54) is 13.2 Å². The summed E-state index contributed by atoms with van der Waals surface area (Å²) in [5.41, 5.74) is 0.378. The van der Waals surface area contributed by atoms with Gasteiger partial charge in [0.15, 0.2) is 0 Å². The van der Waals surface area contributed by atoms with Gasteiger partial charge in [0.2, 0.25) is 0 Å². The highest BCUT2D eigenvalue weighted by Crippen LogP contribution is 2.33. The number of hydrogen-bond donors (Lipinski definition) is 0. The van der Waals surface area contributed by atoms with Gasteiger partial charge in [-0.3, -0.25) is 0 Å². The van der Waals surface area contributed by atoms with Crippen LogP contribution in [0, 0.1) is 0 Å². The van der Waals surface area contributed by atoms with Crippen molar-refractivity contribution in [1.82, 2.24) is 0 Å². The Morgan fingerprint density at radius 2 is 1.68 bits per heavy atom. The number of carbonyl (C=O) groups is 2. The quantitative estimate of drug-likeness (QED) is 0.786. The lowest BCUT2D eigenvalue weighted by Crippen LogP contribution is -2.28. The smallest absolute Gasteiger partial charge is 0.338 e. The largest absolute Gasteiger partial charge is 0.465 e. The van der Waals surface area contributed by atoms with Crippen LogP contribution in [0.15, 0.2) is 24.3 Å². The van der Waals surface area contributed by atoms with Gasteiger partial charge in [-0.1, -0.05) is 6.07 Å². The summed E-state index contributed by atoms with van der Waals surface area (Å²) in [5, 5.41) is 0. The summed E-state index contributed by atoms with van der Waals surface area (Å²) in [7, 11) is 1.31. The van der Waals surface area contributed by atoms with Crippen LogP contribution in [0.4, 0.5) is 0 Å². The van der Waals surface area contributed by atoms with Crippen LogP contribution in [0.25, 0.3) is 0 Å². The molecule has 0 atom stereocenters. The van der Waals surface area contributed by atoms with Crippen molar-refractivity contribution < 1.29 is 19.1 Å². The van der Waals surface area contributed by atoms with E-state index in [2.05, 4.69) is 4.74 Å². The van der Waals surface area contributed by atoms with Crippen LogP contribution < -0.4 is 0 Å². The fourth-order valence-corrected chi connectivity index (χ4v) is 2.40. The summed E-state index contributed by atoms with van der Waals surface area (Å²) in [4.78, 5) is 23.5. The summed E-state index contributed by atoms with van der Waals surface area (Å²) < 4.78 is 10.2. The van der Waals surface area contributed by atoms with Crippen LogP contribution in [0.5, 0.6) is 0 Å². The first-order chi connectivity index (χ1) is 9.04. The van der Waals surface area contributed by atoms with Crippen molar-refractivity contribution in [2.24, 2.45) is 0 Å². The second kappa shape index (κ2) is 5.43. The van der Waals surface area contributed by atoms with Crippen LogP contribution in [0.2, 0.25) is 0 Å². The molecule has 0 saturated heterocycles. The summed E-state index contributed by atoms with van der Waals surface area (Å²) in [6.45, 7) is 1.96. The maximum atomic E-state index is 12.1. The van der Waals surface area contributed by atoms with E-state index in [4.69, 9.17) is 4.74 Å². The SMILES string of the molecule is COC(=O)c1cccc(C(=O)OC2(C)CCCC2)c1. The van der Waals surface area contributed by atoms with Gasteiger partial charge in [0.05, 0.1) is 18.2 Å². The highest BCUT2D eigenvalue weighted by atomic mass is 16.6. The number of carbonyl (C=O) groups excluding carboxylic acids is 2. The van der Waals surface area contributed by atoms with Gasteiger partial charge in [-0.05, 0) is 50.8 Å². The number of methoxy groups -OCH3 is 1. The number of hydrogen-bond acceptors (Lipinski definition) is 4. The Morgan fingerprint density at radius 1 is 1.11 bits per heavy atom. The maximum Gasteiger partial charge on any atom is 0.338 e. The van der Waals surface area contributed by atoms with Gasteiger partial charge < -0.3 is 9.47 Å². The van der Waals surface area contributed by atoms with Crippen LogP contribution in [-0.2, 0) is 9.47 Å². The molecule has 0 radical (unpaired) electrons. The van der Waals surface area contributed by atoms with E-state index in [9.17, 15) is 9.59 Å². The van der Waals surface area contributed by atoms with Gasteiger partial charge in [-0.15, -0.1) is 0 Å². The van der Waals surface area contributed by atoms with Gasteiger partial charge in [-0.25, -0.2) is 9.59 Å². The average Bonchev–Trinajstić information content (AvgIpc) is 2.84. The molecular formula is C15H18O4. The normalized spacial score (nSPS) is 16.9. The monoisotopic (exact) mass is 262 g/mol. The van der Waals surface area contributed by atoms with Crippen molar-refractivity contribution in [3.8, 4) is 0 Å². The molecule has 0 aromatic heterocycles. The average molecular weight is 262 g/mol. The number of ether oxygens (including phenoxy) is 2. The van der Waals surface area contributed by atoms with Crippen molar-refractivity contribution in [3.63, 3.8) is 0 Å². The zero-order chi connectivity index (χ0) is 13.9. The van der Waals surface area contributed by atoms with Gasteiger partial charge in [0.25, 0.3) is 0 Å². The standard InChI is InChI=1S/C15H18O4/c1-15(8-3-4-9-15)19-14(17)12-7-5-6-11(10-12)13(16)18-2/h5-7,10H,3-4,8-9H2,1-2H3. The Kier molecular flexibility index (Phi) is 3.88. The third-order valence-electron chi connectivity index (χ3n) is 3.52. The molecule has 0 heterocycles. The Labute approximate surface area is 112 Å². The Morgan fingerprint density at radius 3 is 2.26 bits per heavy atom. The van der Waals surface area contributed by atoms with Crippen LogP contribution in [0.1, 0.15) is 53.3 Å². The van der Waals surface area contributed by atoms with E-state index in [0.717, 1.165) is 25.7 Å². The topological polar surface area (TPSA) is 52.6 Å². The first-order valence-corrected chi connectivity index (χ1v) is 6.46. The Bertz CT molecular complexity index is 487. The molecule has 1 fully saturated rings. The summed E-state index contributed by atoms with van der Waals surface area (Å²) in [5.74, 6) is -0.836. The summed E-state index contributed by atoms with van der Waals surface area (Å²) in [6.07, 6.45) is 3.98. The molecule has 19 heavy (non-hydrogen) atoms. The highest BCUT2D eigenvalue weighted by molar-refractivity contribution is 5.95. The second-order valence-electron chi connectivity index (χ2n) is 5.12. The van der Waals surface area contributed by atoms with Crippen molar-refractivity contribution in [1.29, 1.82) is 0 Å². The molecule has 0 unspecified atom stereocenters. The first-order valence-electron chi connectivity index (χ1n) is 6.46. The van der Waals surface area contributed by atoms with E-state index in [-0.39, 0.29) is 11.6 Å². The first kappa shape index (κ1) is 13.6. The van der Waals surface area contributed by atoms with E-state index in [1.54, 1.807) is 18.2 Å². The molecule has 1 aromatic carbocycles. The van der Waals surface area contributed by atoms with Crippen LogP contribution in [0.3, 0.4) is 0 Å². The molecule has 4 nitrogen and oxygen atoms in total. The Hall–Kier alpha value is -1.84.